The summed E-state index contributed by atoms with van der Waals surface area (Å²) in [6.45, 7) is 0. The molecule has 0 bridgehead atoms. The molecule has 16 heavy (non-hydrogen) atoms. The number of ketones is 1. The molecule has 0 aromatic heterocycles. The van der Waals surface area contributed by atoms with Crippen LogP contribution < -0.4 is 11.5 Å². The van der Waals surface area contributed by atoms with Crippen molar-refractivity contribution in [1.29, 1.82) is 0 Å². The van der Waals surface area contributed by atoms with Gasteiger partial charge in [0, 0.05) is 5.69 Å². The Kier molecular flexibility index (Phi) is 2.55. The highest BCUT2D eigenvalue weighted by Crippen LogP contribution is 2.24. The van der Waals surface area contributed by atoms with Gasteiger partial charge in [-0.15, -0.1) is 0 Å². The molecule has 80 valence electrons. The molecule has 1 aliphatic rings. The number of anilines is 2. The van der Waals surface area contributed by atoms with Crippen LogP contribution in [0.4, 0.5) is 17.1 Å². The van der Waals surface area contributed by atoms with Crippen molar-refractivity contribution in [2.45, 2.75) is 0 Å². The third-order valence-corrected chi connectivity index (χ3v) is 2.14. The standard InChI is InChI=1S/C12H11N3O/c13-8-1-6-12(11(14)7-8)15-9-2-4-10(16)5-3-9/h1-7H,13-14H2. The highest BCUT2D eigenvalue weighted by atomic mass is 16.1. The smallest absolute Gasteiger partial charge is 0.178 e. The molecule has 0 atom stereocenters. The first-order valence-corrected chi connectivity index (χ1v) is 4.79. The molecule has 0 amide bonds. The molecule has 4 nitrogen and oxygen atoms in total. The van der Waals surface area contributed by atoms with E-state index in [4.69, 9.17) is 11.5 Å². The van der Waals surface area contributed by atoms with E-state index in [0.29, 0.717) is 22.8 Å². The van der Waals surface area contributed by atoms with E-state index >= 15 is 0 Å². The van der Waals surface area contributed by atoms with Gasteiger partial charge in [0.05, 0.1) is 17.1 Å². The number of nitrogens with two attached hydrogens (primary N) is 2. The lowest BCUT2D eigenvalue weighted by Gasteiger charge is -2.03. The Hall–Kier alpha value is -2.36. The number of carbonyl (C=O) groups excluding carboxylic acids is 1. The van der Waals surface area contributed by atoms with Gasteiger partial charge in [0.1, 0.15) is 0 Å². The minimum Gasteiger partial charge on any atom is -0.399 e. The van der Waals surface area contributed by atoms with Crippen molar-refractivity contribution in [2.75, 3.05) is 11.5 Å². The summed E-state index contributed by atoms with van der Waals surface area (Å²) in [6.07, 6.45) is 6.23. The summed E-state index contributed by atoms with van der Waals surface area (Å²) in [5, 5.41) is 0. The van der Waals surface area contributed by atoms with Crippen molar-refractivity contribution in [2.24, 2.45) is 4.99 Å². The Labute approximate surface area is 93.0 Å². The lowest BCUT2D eigenvalue weighted by molar-refractivity contribution is -0.110. The number of benzene rings is 1. The predicted molar refractivity (Wildman–Crippen MR) is 65.6 cm³/mol. The van der Waals surface area contributed by atoms with Gasteiger partial charge in [0.2, 0.25) is 0 Å². The van der Waals surface area contributed by atoms with Gasteiger partial charge in [-0.1, -0.05) is 0 Å². The highest BCUT2D eigenvalue weighted by molar-refractivity contribution is 6.17. The maximum absolute atomic E-state index is 10.9. The number of hydrogen-bond donors (Lipinski definition) is 2. The maximum Gasteiger partial charge on any atom is 0.178 e. The van der Waals surface area contributed by atoms with Crippen molar-refractivity contribution in [3.63, 3.8) is 0 Å². The number of nitrogens with zero attached hydrogens (tertiary/aromatic N) is 1. The summed E-state index contributed by atoms with van der Waals surface area (Å²) in [5.74, 6) is -0.0378. The second-order valence-corrected chi connectivity index (χ2v) is 3.42. The number of rotatable bonds is 1. The molecule has 4 N–H and O–H groups in total. The fourth-order valence-corrected chi connectivity index (χ4v) is 1.33. The maximum atomic E-state index is 10.9. The Morgan fingerprint density at radius 1 is 1.00 bits per heavy atom. The first-order valence-electron chi connectivity index (χ1n) is 4.79. The van der Waals surface area contributed by atoms with E-state index in [-0.39, 0.29) is 5.78 Å². The first kappa shape index (κ1) is 10.2. The third kappa shape index (κ3) is 2.17. The van der Waals surface area contributed by atoms with Gasteiger partial charge in [0.15, 0.2) is 5.78 Å². The fraction of sp³-hybridized carbons (Fsp3) is 0. The summed E-state index contributed by atoms with van der Waals surface area (Å²) in [6, 6.07) is 5.13. The molecular formula is C12H11N3O. The molecule has 1 aromatic rings. The summed E-state index contributed by atoms with van der Waals surface area (Å²) in [4.78, 5) is 15.2. The summed E-state index contributed by atoms with van der Waals surface area (Å²) < 4.78 is 0. The average molecular weight is 213 g/mol. The van der Waals surface area contributed by atoms with E-state index < -0.39 is 0 Å². The van der Waals surface area contributed by atoms with Crippen LogP contribution in [0.5, 0.6) is 0 Å². The van der Waals surface area contributed by atoms with Gasteiger partial charge in [0.25, 0.3) is 0 Å². The van der Waals surface area contributed by atoms with Crippen LogP contribution in [0.1, 0.15) is 0 Å². The molecule has 0 aliphatic heterocycles. The number of allylic oxidation sites excluding steroid dienone is 4. The summed E-state index contributed by atoms with van der Waals surface area (Å²) >= 11 is 0. The monoisotopic (exact) mass is 213 g/mol. The van der Waals surface area contributed by atoms with Crippen molar-refractivity contribution in [3.05, 3.63) is 42.5 Å². The molecule has 1 aliphatic carbocycles. The van der Waals surface area contributed by atoms with E-state index in [1.165, 1.54) is 12.2 Å². The minimum absolute atomic E-state index is 0.0378. The molecule has 4 heteroatoms. The number of nitrogen functional groups attached to an aromatic ring is 2. The van der Waals surface area contributed by atoms with Gasteiger partial charge in [-0.25, -0.2) is 4.99 Å². The molecule has 0 fully saturated rings. The SMILES string of the molecule is Nc1ccc(N=C2C=CC(=O)C=C2)c(N)c1. The third-order valence-electron chi connectivity index (χ3n) is 2.14. The molecule has 0 radical (unpaired) electrons. The van der Waals surface area contributed by atoms with Crippen molar-refractivity contribution in [3.8, 4) is 0 Å². The molecule has 0 saturated heterocycles. The van der Waals surface area contributed by atoms with E-state index in [1.54, 1.807) is 30.4 Å². The fourth-order valence-electron chi connectivity index (χ4n) is 1.33. The Morgan fingerprint density at radius 3 is 2.31 bits per heavy atom. The second kappa shape index (κ2) is 4.02. The molecule has 2 rings (SSSR count). The molecule has 0 saturated carbocycles. The normalized spacial score (nSPS) is 14.2. The summed E-state index contributed by atoms with van der Waals surface area (Å²) in [7, 11) is 0. The van der Waals surface area contributed by atoms with Crippen LogP contribution in [0, 0.1) is 0 Å². The molecule has 0 heterocycles. The van der Waals surface area contributed by atoms with E-state index in [2.05, 4.69) is 4.99 Å². The van der Waals surface area contributed by atoms with Crippen LogP contribution in [0.15, 0.2) is 47.5 Å². The predicted octanol–water partition coefficient (Wildman–Crippen LogP) is 1.62. The van der Waals surface area contributed by atoms with Crippen molar-refractivity contribution < 1.29 is 4.79 Å². The van der Waals surface area contributed by atoms with Crippen LogP contribution in [0.25, 0.3) is 0 Å². The van der Waals surface area contributed by atoms with Crippen molar-refractivity contribution in [1.82, 2.24) is 0 Å². The lowest BCUT2D eigenvalue weighted by Crippen LogP contribution is -1.99. The Balaban J connectivity index is 2.33. The van der Waals surface area contributed by atoms with E-state index in [1.807, 2.05) is 0 Å². The molecular weight excluding hydrogens is 202 g/mol. The zero-order chi connectivity index (χ0) is 11.5. The molecule has 0 spiro atoms. The molecule has 0 unspecified atom stereocenters. The van der Waals surface area contributed by atoms with E-state index in [9.17, 15) is 4.79 Å². The van der Waals surface area contributed by atoms with Crippen molar-refractivity contribution >= 4 is 28.6 Å². The van der Waals surface area contributed by atoms with Crippen LogP contribution in [0.3, 0.4) is 0 Å². The average Bonchev–Trinajstić information content (AvgIpc) is 2.25. The topological polar surface area (TPSA) is 81.5 Å². The van der Waals surface area contributed by atoms with Crippen LogP contribution in [-0.2, 0) is 4.79 Å². The Bertz CT molecular complexity index is 509. The number of aliphatic imine (C=N–C) groups is 1. The minimum atomic E-state index is -0.0378. The zero-order valence-electron chi connectivity index (χ0n) is 8.55. The van der Waals surface area contributed by atoms with Gasteiger partial charge < -0.3 is 11.5 Å². The van der Waals surface area contributed by atoms with Crippen LogP contribution in [0.2, 0.25) is 0 Å². The van der Waals surface area contributed by atoms with Crippen LogP contribution >= 0.6 is 0 Å². The Morgan fingerprint density at radius 2 is 1.69 bits per heavy atom. The lowest BCUT2D eigenvalue weighted by atomic mass is 10.1. The van der Waals surface area contributed by atoms with Gasteiger partial charge in [-0.3, -0.25) is 4.79 Å². The van der Waals surface area contributed by atoms with Gasteiger partial charge in [-0.2, -0.15) is 0 Å². The molecule has 1 aromatic carbocycles. The van der Waals surface area contributed by atoms with Gasteiger partial charge in [-0.05, 0) is 42.5 Å². The number of hydrogen-bond acceptors (Lipinski definition) is 4. The second-order valence-electron chi connectivity index (χ2n) is 3.42. The van der Waals surface area contributed by atoms with E-state index in [0.717, 1.165) is 0 Å². The van der Waals surface area contributed by atoms with Crippen LogP contribution in [-0.4, -0.2) is 11.5 Å². The summed E-state index contributed by atoms with van der Waals surface area (Å²) in [5.41, 5.74) is 13.8. The number of carbonyl (C=O) groups is 1. The quantitative estimate of drug-likeness (QED) is 0.549. The first-order chi connectivity index (χ1) is 7.65. The zero-order valence-corrected chi connectivity index (χ0v) is 8.55. The largest absolute Gasteiger partial charge is 0.399 e. The van der Waals surface area contributed by atoms with Gasteiger partial charge >= 0.3 is 0 Å². The highest BCUT2D eigenvalue weighted by Gasteiger charge is 2.02.